The Bertz CT molecular complexity index is 1040. The molecule has 1 aromatic heterocycles. The van der Waals surface area contributed by atoms with Gasteiger partial charge in [0, 0.05) is 11.8 Å². The van der Waals surface area contributed by atoms with Crippen LogP contribution in [0.3, 0.4) is 0 Å². The molecule has 1 saturated heterocycles. The van der Waals surface area contributed by atoms with Crippen molar-refractivity contribution in [2.45, 2.75) is 51.5 Å². The molecule has 4 rings (SSSR count). The summed E-state index contributed by atoms with van der Waals surface area (Å²) in [6.07, 6.45) is -4.10. The van der Waals surface area contributed by atoms with E-state index in [1.54, 1.807) is 6.07 Å². The van der Waals surface area contributed by atoms with Crippen LogP contribution in [0.1, 0.15) is 44.6 Å². The van der Waals surface area contributed by atoms with E-state index in [0.29, 0.717) is 16.9 Å². The van der Waals surface area contributed by atoms with E-state index in [4.69, 9.17) is 13.7 Å². The minimum atomic E-state index is -4.37. The highest BCUT2D eigenvalue weighted by Gasteiger charge is 2.52. The predicted molar refractivity (Wildman–Crippen MR) is 106 cm³/mol. The molecule has 1 aliphatic rings. The Balaban J connectivity index is 1.66. The van der Waals surface area contributed by atoms with Gasteiger partial charge in [0.1, 0.15) is 11.3 Å². The number of furan rings is 1. The van der Waals surface area contributed by atoms with Crippen molar-refractivity contribution in [3.63, 3.8) is 0 Å². The predicted octanol–water partition coefficient (Wildman–Crippen LogP) is 5.34. The Hall–Kier alpha value is -2.25. The lowest BCUT2D eigenvalue weighted by Gasteiger charge is -2.32. The van der Waals surface area contributed by atoms with Gasteiger partial charge < -0.3 is 13.7 Å². The van der Waals surface area contributed by atoms with Gasteiger partial charge in [0.15, 0.2) is 0 Å². The highest BCUT2D eigenvalue weighted by atomic mass is 19.4. The van der Waals surface area contributed by atoms with Crippen molar-refractivity contribution < 1.29 is 26.9 Å². The van der Waals surface area contributed by atoms with E-state index in [1.165, 1.54) is 6.07 Å². The molecule has 2 aromatic carbocycles. The third-order valence-corrected chi connectivity index (χ3v) is 5.79. The highest BCUT2D eigenvalue weighted by Crippen LogP contribution is 2.37. The summed E-state index contributed by atoms with van der Waals surface area (Å²) in [5.74, 6) is 0.586. The summed E-state index contributed by atoms with van der Waals surface area (Å²) < 4.78 is 57.1. The van der Waals surface area contributed by atoms with E-state index in [2.05, 4.69) is 0 Å². The van der Waals surface area contributed by atoms with Crippen molar-refractivity contribution in [2.75, 3.05) is 0 Å². The van der Waals surface area contributed by atoms with Crippen LogP contribution in [-0.4, -0.2) is 18.3 Å². The first-order valence-electron chi connectivity index (χ1n) is 9.49. The standard InChI is InChI=1S/C22H22BF3O3/c1-20(2)21(3,4)29-23(28-20)18-9-6-10-19-17(18)13-16(27-19)12-14-7-5-8-15(11-14)22(24,25)26/h5-11,13H,12H2,1-4H3. The second-order valence-corrected chi connectivity index (χ2v) is 8.43. The third-order valence-electron chi connectivity index (χ3n) is 5.79. The van der Waals surface area contributed by atoms with Gasteiger partial charge in [-0.25, -0.2) is 0 Å². The average molecular weight is 402 g/mol. The lowest BCUT2D eigenvalue weighted by Crippen LogP contribution is -2.41. The van der Waals surface area contributed by atoms with Gasteiger partial charge in [0.05, 0.1) is 16.8 Å². The largest absolute Gasteiger partial charge is 0.495 e. The van der Waals surface area contributed by atoms with Crippen LogP contribution in [0.5, 0.6) is 0 Å². The molecule has 0 amide bonds. The van der Waals surface area contributed by atoms with Crippen LogP contribution in [0.2, 0.25) is 0 Å². The van der Waals surface area contributed by atoms with Crippen LogP contribution in [-0.2, 0) is 21.9 Å². The fourth-order valence-electron chi connectivity index (χ4n) is 3.46. The molecular formula is C22H22BF3O3. The molecule has 152 valence electrons. The van der Waals surface area contributed by atoms with Crippen LogP contribution >= 0.6 is 0 Å². The number of rotatable bonds is 3. The van der Waals surface area contributed by atoms with Crippen molar-refractivity contribution in [1.82, 2.24) is 0 Å². The van der Waals surface area contributed by atoms with E-state index in [0.717, 1.165) is 23.0 Å². The molecule has 3 aromatic rings. The summed E-state index contributed by atoms with van der Waals surface area (Å²) in [6.45, 7) is 7.95. The smallest absolute Gasteiger partial charge is 0.461 e. The van der Waals surface area contributed by atoms with Crippen molar-refractivity contribution in [1.29, 1.82) is 0 Å². The molecule has 0 radical (unpaired) electrons. The molecule has 0 aliphatic carbocycles. The van der Waals surface area contributed by atoms with Gasteiger partial charge in [0.25, 0.3) is 0 Å². The first-order valence-corrected chi connectivity index (χ1v) is 9.49. The first kappa shape index (κ1) is 20.0. The molecule has 0 atom stereocenters. The molecule has 0 N–H and O–H groups in total. The van der Waals surface area contributed by atoms with Crippen LogP contribution in [0.15, 0.2) is 52.9 Å². The Labute approximate surface area is 167 Å². The van der Waals surface area contributed by atoms with Gasteiger partial charge in [-0.1, -0.05) is 30.3 Å². The maximum atomic E-state index is 13.0. The molecule has 3 nitrogen and oxygen atoms in total. The lowest BCUT2D eigenvalue weighted by molar-refractivity contribution is -0.137. The van der Waals surface area contributed by atoms with Gasteiger partial charge in [-0.05, 0) is 56.9 Å². The quantitative estimate of drug-likeness (QED) is 0.555. The van der Waals surface area contributed by atoms with E-state index in [9.17, 15) is 13.2 Å². The second kappa shape index (κ2) is 6.64. The van der Waals surface area contributed by atoms with E-state index in [-0.39, 0.29) is 6.42 Å². The van der Waals surface area contributed by atoms with Gasteiger partial charge in [0.2, 0.25) is 0 Å². The van der Waals surface area contributed by atoms with E-state index in [1.807, 2.05) is 52.0 Å². The maximum absolute atomic E-state index is 13.0. The van der Waals surface area contributed by atoms with Crippen molar-refractivity contribution in [3.05, 3.63) is 65.4 Å². The topological polar surface area (TPSA) is 31.6 Å². The molecule has 0 bridgehead atoms. The summed E-state index contributed by atoms with van der Waals surface area (Å²) in [5.41, 5.74) is 0.439. The Kier molecular flexibility index (Phi) is 4.59. The minimum Gasteiger partial charge on any atom is -0.461 e. The van der Waals surface area contributed by atoms with Crippen LogP contribution in [0.4, 0.5) is 13.2 Å². The van der Waals surface area contributed by atoms with Crippen LogP contribution in [0.25, 0.3) is 11.0 Å². The van der Waals surface area contributed by atoms with Gasteiger partial charge in [-0.2, -0.15) is 13.2 Å². The van der Waals surface area contributed by atoms with E-state index < -0.39 is 30.1 Å². The average Bonchev–Trinajstić information content (AvgIpc) is 3.11. The Morgan fingerprint density at radius 3 is 2.21 bits per heavy atom. The zero-order chi connectivity index (χ0) is 21.0. The molecule has 0 saturated carbocycles. The number of hydrogen-bond donors (Lipinski definition) is 0. The first-order chi connectivity index (χ1) is 13.5. The minimum absolute atomic E-state index is 0.265. The Morgan fingerprint density at radius 2 is 1.55 bits per heavy atom. The molecule has 2 heterocycles. The van der Waals surface area contributed by atoms with Gasteiger partial charge in [-0.3, -0.25) is 0 Å². The molecule has 7 heteroatoms. The zero-order valence-electron chi connectivity index (χ0n) is 16.8. The summed E-state index contributed by atoms with van der Waals surface area (Å²) >= 11 is 0. The van der Waals surface area contributed by atoms with E-state index >= 15 is 0 Å². The SMILES string of the molecule is CC1(C)OB(c2cccc3oc(Cc4cccc(C(F)(F)F)c4)cc23)OC1(C)C. The molecule has 0 spiro atoms. The number of alkyl halides is 3. The number of benzene rings is 2. The third kappa shape index (κ3) is 3.69. The van der Waals surface area contributed by atoms with Crippen molar-refractivity contribution in [2.24, 2.45) is 0 Å². The van der Waals surface area contributed by atoms with Gasteiger partial charge in [-0.15, -0.1) is 0 Å². The van der Waals surface area contributed by atoms with Crippen LogP contribution in [0, 0.1) is 0 Å². The fourth-order valence-corrected chi connectivity index (χ4v) is 3.46. The van der Waals surface area contributed by atoms with Crippen LogP contribution < -0.4 is 5.46 Å². The summed E-state index contributed by atoms with van der Waals surface area (Å²) in [5, 5.41) is 0.841. The molecule has 29 heavy (non-hydrogen) atoms. The number of fused-ring (bicyclic) bond motifs is 1. The van der Waals surface area contributed by atoms with Gasteiger partial charge >= 0.3 is 13.3 Å². The second-order valence-electron chi connectivity index (χ2n) is 8.43. The normalized spacial score (nSPS) is 18.5. The van der Waals surface area contributed by atoms with Crippen molar-refractivity contribution in [3.8, 4) is 0 Å². The molecule has 1 fully saturated rings. The Morgan fingerprint density at radius 1 is 0.897 bits per heavy atom. The maximum Gasteiger partial charge on any atom is 0.495 e. The summed E-state index contributed by atoms with van der Waals surface area (Å²) in [4.78, 5) is 0. The zero-order valence-corrected chi connectivity index (χ0v) is 16.8. The monoisotopic (exact) mass is 402 g/mol. The molecule has 0 unspecified atom stereocenters. The molecular weight excluding hydrogens is 380 g/mol. The number of hydrogen-bond acceptors (Lipinski definition) is 3. The molecule has 1 aliphatic heterocycles. The summed E-state index contributed by atoms with van der Waals surface area (Å²) in [6, 6.07) is 12.8. The highest BCUT2D eigenvalue weighted by molar-refractivity contribution is 6.65. The summed E-state index contributed by atoms with van der Waals surface area (Å²) in [7, 11) is -0.539. The van der Waals surface area contributed by atoms with Crippen molar-refractivity contribution >= 4 is 23.6 Å². The number of halogens is 3. The fraction of sp³-hybridized carbons (Fsp3) is 0.364. The lowest BCUT2D eigenvalue weighted by atomic mass is 9.77.